The fourth-order valence-corrected chi connectivity index (χ4v) is 3.33. The Morgan fingerprint density at radius 1 is 1.22 bits per heavy atom. The van der Waals surface area contributed by atoms with Crippen molar-refractivity contribution in [3.05, 3.63) is 29.8 Å². The zero-order chi connectivity index (χ0) is 17.3. The fraction of sp³-hybridized carbons (Fsp3) is 0.526. The van der Waals surface area contributed by atoms with Crippen LogP contribution in [0.4, 0.5) is 5.69 Å². The summed E-state index contributed by atoms with van der Waals surface area (Å²) in [6, 6.07) is 9.43. The molecule has 2 rings (SSSR count). The molecule has 1 aromatic carbocycles. The first kappa shape index (κ1) is 18.9. The van der Waals surface area contributed by atoms with Crippen LogP contribution in [0.2, 0.25) is 0 Å². The molecule has 124 valence electrons. The molecule has 0 atom stereocenters. The zero-order valence-corrected chi connectivity index (χ0v) is 14.3. The van der Waals surface area contributed by atoms with Crippen molar-refractivity contribution in [1.29, 1.82) is 5.26 Å². The molecule has 1 aromatic rings. The van der Waals surface area contributed by atoms with Crippen LogP contribution in [0, 0.1) is 16.7 Å². The van der Waals surface area contributed by atoms with Crippen LogP contribution in [0.5, 0.6) is 0 Å². The summed E-state index contributed by atoms with van der Waals surface area (Å²) < 4.78 is 0. The van der Waals surface area contributed by atoms with Crippen molar-refractivity contribution in [2.45, 2.75) is 52.9 Å². The highest BCUT2D eigenvalue weighted by Crippen LogP contribution is 2.42. The molecule has 0 aromatic heterocycles. The number of nitrogens with zero attached hydrogens (tertiary/aromatic N) is 2. The molecule has 0 aliphatic carbocycles. The molecule has 1 amide bonds. The SMILES string of the molecule is CC=O.CCCC1(CCC)CCN(c2ccc(C#N)cc2)C1=O. The van der Waals surface area contributed by atoms with Gasteiger partial charge in [-0.2, -0.15) is 5.26 Å². The van der Waals surface area contributed by atoms with E-state index >= 15 is 0 Å². The molecule has 23 heavy (non-hydrogen) atoms. The number of benzene rings is 1. The van der Waals surface area contributed by atoms with Gasteiger partial charge in [0.15, 0.2) is 0 Å². The van der Waals surface area contributed by atoms with E-state index in [2.05, 4.69) is 19.9 Å². The van der Waals surface area contributed by atoms with E-state index in [0.29, 0.717) is 5.56 Å². The van der Waals surface area contributed by atoms with Crippen molar-refractivity contribution in [3.8, 4) is 6.07 Å². The minimum absolute atomic E-state index is 0.155. The minimum atomic E-state index is -0.155. The molecule has 1 saturated heterocycles. The predicted molar refractivity (Wildman–Crippen MR) is 92.1 cm³/mol. The summed E-state index contributed by atoms with van der Waals surface area (Å²) in [4.78, 5) is 23.5. The molecule has 1 aliphatic rings. The quantitative estimate of drug-likeness (QED) is 0.769. The Kier molecular flexibility index (Phi) is 7.47. The van der Waals surface area contributed by atoms with E-state index in [0.717, 1.165) is 50.6 Å². The van der Waals surface area contributed by atoms with E-state index in [1.165, 1.54) is 6.92 Å². The van der Waals surface area contributed by atoms with Crippen LogP contribution in [0.3, 0.4) is 0 Å². The molecule has 1 heterocycles. The lowest BCUT2D eigenvalue weighted by Crippen LogP contribution is -2.34. The van der Waals surface area contributed by atoms with Gasteiger partial charge in [0.2, 0.25) is 5.91 Å². The number of nitriles is 1. The van der Waals surface area contributed by atoms with Gasteiger partial charge in [-0.15, -0.1) is 0 Å². The number of amides is 1. The maximum atomic E-state index is 12.8. The summed E-state index contributed by atoms with van der Waals surface area (Å²) >= 11 is 0. The number of carbonyl (C=O) groups is 2. The van der Waals surface area contributed by atoms with Gasteiger partial charge in [0.1, 0.15) is 6.29 Å². The van der Waals surface area contributed by atoms with Crippen molar-refractivity contribution in [3.63, 3.8) is 0 Å². The summed E-state index contributed by atoms with van der Waals surface area (Å²) in [6.07, 6.45) is 5.76. The number of hydrogen-bond donors (Lipinski definition) is 0. The number of carbonyl (C=O) groups excluding carboxylic acids is 2. The highest BCUT2D eigenvalue weighted by molar-refractivity contribution is 5.99. The van der Waals surface area contributed by atoms with Gasteiger partial charge in [-0.05, 0) is 50.5 Å². The zero-order valence-electron chi connectivity index (χ0n) is 14.3. The largest absolute Gasteiger partial charge is 0.312 e. The number of hydrogen-bond acceptors (Lipinski definition) is 3. The summed E-state index contributed by atoms with van der Waals surface area (Å²) in [5.74, 6) is 0.269. The summed E-state index contributed by atoms with van der Waals surface area (Å²) in [5, 5.41) is 8.84. The summed E-state index contributed by atoms with van der Waals surface area (Å²) in [6.45, 7) is 6.54. The molecule has 0 N–H and O–H groups in total. The lowest BCUT2D eigenvalue weighted by molar-refractivity contribution is -0.126. The fourth-order valence-electron chi connectivity index (χ4n) is 3.33. The second-order valence-corrected chi connectivity index (χ2v) is 5.88. The average molecular weight is 314 g/mol. The number of rotatable bonds is 5. The van der Waals surface area contributed by atoms with Crippen LogP contribution in [-0.4, -0.2) is 18.7 Å². The average Bonchev–Trinajstić information content (AvgIpc) is 2.86. The first-order valence-corrected chi connectivity index (χ1v) is 8.30. The molecule has 0 saturated carbocycles. The molecular formula is C19H26N2O2. The van der Waals surface area contributed by atoms with Crippen molar-refractivity contribution in [2.75, 3.05) is 11.4 Å². The maximum absolute atomic E-state index is 12.8. The van der Waals surface area contributed by atoms with Gasteiger partial charge in [-0.25, -0.2) is 0 Å². The Hall–Kier alpha value is -2.15. The molecule has 1 aliphatic heterocycles. The van der Waals surface area contributed by atoms with Crippen LogP contribution in [0.25, 0.3) is 0 Å². The summed E-state index contributed by atoms with van der Waals surface area (Å²) in [5.41, 5.74) is 1.40. The van der Waals surface area contributed by atoms with Gasteiger partial charge in [-0.3, -0.25) is 4.79 Å². The van der Waals surface area contributed by atoms with Crippen molar-refractivity contribution in [1.82, 2.24) is 0 Å². The molecule has 4 nitrogen and oxygen atoms in total. The second-order valence-electron chi connectivity index (χ2n) is 5.88. The monoisotopic (exact) mass is 314 g/mol. The van der Waals surface area contributed by atoms with Crippen LogP contribution >= 0.6 is 0 Å². The van der Waals surface area contributed by atoms with Crippen LogP contribution in [0.1, 0.15) is 58.4 Å². The van der Waals surface area contributed by atoms with E-state index in [4.69, 9.17) is 10.1 Å². The molecule has 0 unspecified atom stereocenters. The lowest BCUT2D eigenvalue weighted by atomic mass is 9.78. The van der Waals surface area contributed by atoms with E-state index in [9.17, 15) is 4.79 Å². The smallest absolute Gasteiger partial charge is 0.233 e. The van der Waals surface area contributed by atoms with Crippen LogP contribution in [-0.2, 0) is 9.59 Å². The van der Waals surface area contributed by atoms with Gasteiger partial charge < -0.3 is 9.69 Å². The van der Waals surface area contributed by atoms with Crippen molar-refractivity contribution >= 4 is 17.9 Å². The third-order valence-corrected chi connectivity index (χ3v) is 4.28. The van der Waals surface area contributed by atoms with Gasteiger partial charge in [0.05, 0.1) is 17.0 Å². The van der Waals surface area contributed by atoms with Gasteiger partial charge in [0, 0.05) is 12.2 Å². The van der Waals surface area contributed by atoms with E-state index in [-0.39, 0.29) is 11.3 Å². The van der Waals surface area contributed by atoms with Gasteiger partial charge in [-0.1, -0.05) is 26.7 Å². The maximum Gasteiger partial charge on any atom is 0.233 e. The molecule has 0 radical (unpaired) electrons. The van der Waals surface area contributed by atoms with Gasteiger partial charge in [0.25, 0.3) is 0 Å². The topological polar surface area (TPSA) is 61.2 Å². The van der Waals surface area contributed by atoms with Crippen LogP contribution in [0.15, 0.2) is 24.3 Å². The molecule has 0 bridgehead atoms. The van der Waals surface area contributed by atoms with Gasteiger partial charge >= 0.3 is 0 Å². The molecule has 0 spiro atoms. The van der Waals surface area contributed by atoms with E-state index < -0.39 is 0 Å². The first-order valence-electron chi connectivity index (χ1n) is 8.30. The van der Waals surface area contributed by atoms with E-state index in [1.54, 1.807) is 12.1 Å². The van der Waals surface area contributed by atoms with Crippen LogP contribution < -0.4 is 4.90 Å². The van der Waals surface area contributed by atoms with E-state index in [1.807, 2.05) is 17.0 Å². The summed E-state index contributed by atoms with van der Waals surface area (Å²) in [7, 11) is 0. The standard InChI is InChI=1S/C17H22N2O.C2H4O/c1-3-9-17(10-4-2)11-12-19(16(17)20)15-7-5-14(13-18)6-8-15;1-2-3/h5-8H,3-4,9-12H2,1-2H3;2H,1H3. The molecule has 1 fully saturated rings. The lowest BCUT2D eigenvalue weighted by Gasteiger charge is -2.27. The van der Waals surface area contributed by atoms with Crippen molar-refractivity contribution in [2.24, 2.45) is 5.41 Å². The number of aldehydes is 1. The molecular weight excluding hydrogens is 288 g/mol. The normalized spacial score (nSPS) is 15.6. The second kappa shape index (κ2) is 9.09. The minimum Gasteiger partial charge on any atom is -0.312 e. The third kappa shape index (κ3) is 4.41. The van der Waals surface area contributed by atoms with Crippen molar-refractivity contribution < 1.29 is 9.59 Å². The Bertz CT molecular complexity index is 552. The Balaban J connectivity index is 0.000000816. The first-order chi connectivity index (χ1) is 11.1. The Morgan fingerprint density at radius 3 is 2.17 bits per heavy atom. The highest BCUT2D eigenvalue weighted by Gasteiger charge is 2.45. The third-order valence-electron chi connectivity index (χ3n) is 4.28. The number of anilines is 1. The Labute approximate surface area is 139 Å². The predicted octanol–water partition coefficient (Wildman–Crippen LogP) is 4.09. The highest BCUT2D eigenvalue weighted by atomic mass is 16.2. The Morgan fingerprint density at radius 2 is 1.74 bits per heavy atom. The molecule has 4 heteroatoms.